The molecule has 25 heavy (non-hydrogen) atoms. The van der Waals surface area contributed by atoms with Crippen molar-refractivity contribution in [2.45, 2.75) is 19.6 Å². The summed E-state index contributed by atoms with van der Waals surface area (Å²) in [5, 5.41) is 4.98. The van der Waals surface area contributed by atoms with Gasteiger partial charge in [-0.3, -0.25) is 4.98 Å². The zero-order valence-electron chi connectivity index (χ0n) is 14.0. The van der Waals surface area contributed by atoms with Gasteiger partial charge in [0.15, 0.2) is 0 Å². The first-order chi connectivity index (χ1) is 12.2. The van der Waals surface area contributed by atoms with Gasteiger partial charge < -0.3 is 15.0 Å². The highest BCUT2D eigenvalue weighted by Crippen LogP contribution is 2.26. The maximum atomic E-state index is 12.9. The molecule has 0 spiro atoms. The van der Waals surface area contributed by atoms with Crippen molar-refractivity contribution < 1.29 is 9.53 Å². The number of benzene rings is 2. The molecule has 2 aromatic carbocycles. The van der Waals surface area contributed by atoms with Gasteiger partial charge in [-0.1, -0.05) is 42.5 Å². The van der Waals surface area contributed by atoms with E-state index in [-0.39, 0.29) is 12.1 Å². The van der Waals surface area contributed by atoms with E-state index in [0.29, 0.717) is 18.8 Å². The second kappa shape index (κ2) is 6.43. The van der Waals surface area contributed by atoms with Crippen LogP contribution in [0.2, 0.25) is 0 Å². The quantitative estimate of drug-likeness (QED) is 0.731. The van der Waals surface area contributed by atoms with Crippen LogP contribution in [0.15, 0.2) is 60.9 Å². The van der Waals surface area contributed by atoms with E-state index in [1.165, 1.54) is 0 Å². The van der Waals surface area contributed by atoms with Crippen molar-refractivity contribution in [2.24, 2.45) is 0 Å². The standard InChI is InChI=1S/C20H19N3O2/c1-14-12-23(13-16-7-3-5-9-19(16)25-14)20(24)22-18-11-21-10-15-6-2-4-8-17(15)18/h2-11,14H,12-13H2,1H3,(H,22,24). The third-order valence-corrected chi connectivity index (χ3v) is 4.34. The van der Waals surface area contributed by atoms with Crippen molar-refractivity contribution in [3.05, 3.63) is 66.5 Å². The lowest BCUT2D eigenvalue weighted by atomic mass is 10.1. The van der Waals surface area contributed by atoms with Gasteiger partial charge in [-0.05, 0) is 13.0 Å². The lowest BCUT2D eigenvalue weighted by molar-refractivity contribution is 0.167. The van der Waals surface area contributed by atoms with E-state index < -0.39 is 0 Å². The number of para-hydroxylation sites is 1. The number of fused-ring (bicyclic) bond motifs is 2. The average Bonchev–Trinajstić information content (AvgIpc) is 2.80. The Labute approximate surface area is 146 Å². The maximum absolute atomic E-state index is 12.9. The van der Waals surface area contributed by atoms with E-state index in [1.54, 1.807) is 17.3 Å². The third kappa shape index (κ3) is 3.13. The minimum absolute atomic E-state index is 0.0694. The summed E-state index contributed by atoms with van der Waals surface area (Å²) in [6.07, 6.45) is 3.41. The van der Waals surface area contributed by atoms with Crippen LogP contribution in [0, 0.1) is 0 Å². The molecule has 0 aliphatic carbocycles. The number of amides is 2. The van der Waals surface area contributed by atoms with Gasteiger partial charge in [0.2, 0.25) is 0 Å². The molecule has 0 saturated heterocycles. The van der Waals surface area contributed by atoms with E-state index in [4.69, 9.17) is 4.74 Å². The van der Waals surface area contributed by atoms with Gasteiger partial charge >= 0.3 is 6.03 Å². The van der Waals surface area contributed by atoms with Crippen LogP contribution in [0.5, 0.6) is 5.75 Å². The Hall–Kier alpha value is -3.08. The fraction of sp³-hybridized carbons (Fsp3) is 0.200. The molecule has 4 rings (SSSR count). The van der Waals surface area contributed by atoms with Crippen LogP contribution in [0.1, 0.15) is 12.5 Å². The average molecular weight is 333 g/mol. The van der Waals surface area contributed by atoms with Gasteiger partial charge in [0.1, 0.15) is 11.9 Å². The van der Waals surface area contributed by atoms with Crippen molar-refractivity contribution in [2.75, 3.05) is 11.9 Å². The monoisotopic (exact) mass is 333 g/mol. The van der Waals surface area contributed by atoms with Gasteiger partial charge in [-0.25, -0.2) is 4.79 Å². The zero-order chi connectivity index (χ0) is 17.2. The largest absolute Gasteiger partial charge is 0.489 e. The summed E-state index contributed by atoms with van der Waals surface area (Å²) in [6.45, 7) is 3.02. The molecule has 2 heterocycles. The van der Waals surface area contributed by atoms with Crippen LogP contribution in [0.3, 0.4) is 0 Å². The molecule has 1 unspecified atom stereocenters. The molecular weight excluding hydrogens is 314 g/mol. The summed E-state index contributed by atoms with van der Waals surface area (Å²) < 4.78 is 5.92. The third-order valence-electron chi connectivity index (χ3n) is 4.34. The number of carbonyl (C=O) groups is 1. The SMILES string of the molecule is CC1CN(C(=O)Nc2cncc3ccccc23)Cc2ccccc2O1. The molecule has 0 saturated carbocycles. The first-order valence-electron chi connectivity index (χ1n) is 8.34. The Morgan fingerprint density at radius 1 is 1.16 bits per heavy atom. The highest BCUT2D eigenvalue weighted by Gasteiger charge is 2.24. The molecule has 0 bridgehead atoms. The maximum Gasteiger partial charge on any atom is 0.322 e. The molecule has 5 nitrogen and oxygen atoms in total. The highest BCUT2D eigenvalue weighted by atomic mass is 16.5. The summed E-state index contributed by atoms with van der Waals surface area (Å²) in [5.41, 5.74) is 1.73. The zero-order valence-corrected chi connectivity index (χ0v) is 14.0. The van der Waals surface area contributed by atoms with Crippen LogP contribution < -0.4 is 10.1 Å². The molecule has 1 aliphatic rings. The van der Waals surface area contributed by atoms with Gasteiger partial charge in [-0.2, -0.15) is 0 Å². The number of carbonyl (C=O) groups excluding carboxylic acids is 1. The summed E-state index contributed by atoms with van der Waals surface area (Å²) in [6, 6.07) is 15.6. The van der Waals surface area contributed by atoms with Crippen LogP contribution in [0.4, 0.5) is 10.5 Å². The number of anilines is 1. The summed E-state index contributed by atoms with van der Waals surface area (Å²) in [5.74, 6) is 0.845. The predicted molar refractivity (Wildman–Crippen MR) is 97.7 cm³/mol. The van der Waals surface area contributed by atoms with Crippen molar-refractivity contribution in [1.82, 2.24) is 9.88 Å². The summed E-state index contributed by atoms with van der Waals surface area (Å²) in [4.78, 5) is 18.8. The Morgan fingerprint density at radius 2 is 1.96 bits per heavy atom. The Kier molecular flexibility index (Phi) is 3.98. The normalized spacial score (nSPS) is 16.7. The number of rotatable bonds is 1. The molecule has 1 aromatic heterocycles. The molecule has 5 heteroatoms. The van der Waals surface area contributed by atoms with E-state index in [2.05, 4.69) is 10.3 Å². The van der Waals surface area contributed by atoms with Gasteiger partial charge in [0.05, 0.1) is 25.0 Å². The number of hydrogen-bond acceptors (Lipinski definition) is 3. The second-order valence-electron chi connectivity index (χ2n) is 6.26. The highest BCUT2D eigenvalue weighted by molar-refractivity contribution is 6.00. The molecule has 0 fully saturated rings. The number of ether oxygens (including phenoxy) is 1. The van der Waals surface area contributed by atoms with Crippen LogP contribution in [-0.4, -0.2) is 28.6 Å². The summed E-state index contributed by atoms with van der Waals surface area (Å²) in [7, 11) is 0. The molecule has 3 aromatic rings. The fourth-order valence-corrected chi connectivity index (χ4v) is 3.15. The van der Waals surface area contributed by atoms with E-state index in [9.17, 15) is 4.79 Å². The molecule has 1 atom stereocenters. The Balaban J connectivity index is 1.60. The van der Waals surface area contributed by atoms with E-state index >= 15 is 0 Å². The van der Waals surface area contributed by atoms with E-state index in [1.807, 2.05) is 55.5 Å². The second-order valence-corrected chi connectivity index (χ2v) is 6.26. The fourth-order valence-electron chi connectivity index (χ4n) is 3.15. The Morgan fingerprint density at radius 3 is 2.88 bits per heavy atom. The van der Waals surface area contributed by atoms with Crippen molar-refractivity contribution in [3.8, 4) is 5.75 Å². The number of pyridine rings is 1. The first kappa shape index (κ1) is 15.4. The van der Waals surface area contributed by atoms with Crippen LogP contribution in [-0.2, 0) is 6.54 Å². The smallest absolute Gasteiger partial charge is 0.322 e. The molecular formula is C20H19N3O2. The lowest BCUT2D eigenvalue weighted by Crippen LogP contribution is -2.38. The predicted octanol–water partition coefficient (Wildman–Crippen LogP) is 4.05. The van der Waals surface area contributed by atoms with Crippen LogP contribution in [0.25, 0.3) is 10.8 Å². The van der Waals surface area contributed by atoms with Crippen molar-refractivity contribution in [1.29, 1.82) is 0 Å². The molecule has 2 amide bonds. The number of urea groups is 1. The van der Waals surface area contributed by atoms with Crippen molar-refractivity contribution >= 4 is 22.5 Å². The molecule has 126 valence electrons. The molecule has 1 N–H and O–H groups in total. The van der Waals surface area contributed by atoms with E-state index in [0.717, 1.165) is 22.1 Å². The van der Waals surface area contributed by atoms with Gasteiger partial charge in [0, 0.05) is 22.5 Å². The number of aromatic nitrogens is 1. The minimum atomic E-state index is -0.148. The number of hydrogen-bond donors (Lipinski definition) is 1. The van der Waals surface area contributed by atoms with Crippen molar-refractivity contribution in [3.63, 3.8) is 0 Å². The molecule has 1 aliphatic heterocycles. The Bertz CT molecular complexity index is 920. The first-order valence-corrected chi connectivity index (χ1v) is 8.34. The number of nitrogens with zero attached hydrogens (tertiary/aromatic N) is 2. The molecule has 0 radical (unpaired) electrons. The number of nitrogens with one attached hydrogen (secondary N) is 1. The topological polar surface area (TPSA) is 54.5 Å². The minimum Gasteiger partial charge on any atom is -0.489 e. The van der Waals surface area contributed by atoms with Crippen LogP contribution >= 0.6 is 0 Å². The van der Waals surface area contributed by atoms with Gasteiger partial charge in [-0.15, -0.1) is 0 Å². The van der Waals surface area contributed by atoms with Gasteiger partial charge in [0.25, 0.3) is 0 Å². The summed E-state index contributed by atoms with van der Waals surface area (Å²) >= 11 is 0. The lowest BCUT2D eigenvalue weighted by Gasteiger charge is -2.23.